The lowest BCUT2D eigenvalue weighted by molar-refractivity contribution is -0.130. The van der Waals surface area contributed by atoms with E-state index in [4.69, 9.17) is 0 Å². The minimum atomic E-state index is 0.219. The van der Waals surface area contributed by atoms with Gasteiger partial charge in [0.15, 0.2) is 0 Å². The van der Waals surface area contributed by atoms with Crippen LogP contribution in [-0.2, 0) is 11.2 Å². The second-order valence-electron chi connectivity index (χ2n) is 5.90. The first-order valence-corrected chi connectivity index (χ1v) is 9.66. The Labute approximate surface area is 148 Å². The molecule has 4 rings (SSSR count). The number of piperazine rings is 1. The molecule has 0 aromatic carbocycles. The summed E-state index contributed by atoms with van der Waals surface area (Å²) in [5.74, 6) is 1.21. The Morgan fingerprint density at radius 2 is 2.08 bits per heavy atom. The van der Waals surface area contributed by atoms with Crippen LogP contribution in [0.15, 0.2) is 29.9 Å². The van der Waals surface area contributed by atoms with Crippen molar-refractivity contribution in [3.8, 4) is 0 Å². The van der Waals surface area contributed by atoms with E-state index in [1.807, 2.05) is 22.4 Å². The van der Waals surface area contributed by atoms with Crippen LogP contribution in [0.4, 0.5) is 5.82 Å². The molecule has 0 spiro atoms. The Hall–Kier alpha value is -1.99. The third-order valence-corrected chi connectivity index (χ3v) is 6.10. The van der Waals surface area contributed by atoms with Gasteiger partial charge >= 0.3 is 0 Å². The number of amides is 1. The molecule has 1 aliphatic rings. The van der Waals surface area contributed by atoms with E-state index >= 15 is 0 Å². The summed E-state index contributed by atoms with van der Waals surface area (Å²) in [5.41, 5.74) is 0. The number of rotatable bonds is 3. The van der Waals surface area contributed by atoms with E-state index in [0.29, 0.717) is 6.42 Å². The van der Waals surface area contributed by atoms with Crippen LogP contribution in [0.5, 0.6) is 0 Å². The SMILES string of the molecule is Cc1cc2c(N3CCN(C(=O)Cc4cccs4)CC3)ncnc2s1. The maximum Gasteiger partial charge on any atom is 0.227 e. The molecule has 0 saturated carbocycles. The zero-order chi connectivity index (χ0) is 16.5. The van der Waals surface area contributed by atoms with Gasteiger partial charge in [-0.3, -0.25) is 4.79 Å². The molecule has 7 heteroatoms. The Kier molecular flexibility index (Phi) is 4.20. The molecule has 5 nitrogen and oxygen atoms in total. The van der Waals surface area contributed by atoms with Gasteiger partial charge in [-0.15, -0.1) is 22.7 Å². The summed E-state index contributed by atoms with van der Waals surface area (Å²) in [7, 11) is 0. The first kappa shape index (κ1) is 15.5. The van der Waals surface area contributed by atoms with Crippen LogP contribution in [0, 0.1) is 6.92 Å². The largest absolute Gasteiger partial charge is 0.352 e. The van der Waals surface area contributed by atoms with Gasteiger partial charge in [0.25, 0.3) is 0 Å². The van der Waals surface area contributed by atoms with E-state index in [1.54, 1.807) is 29.0 Å². The maximum atomic E-state index is 12.4. The zero-order valence-corrected chi connectivity index (χ0v) is 15.1. The molecule has 24 heavy (non-hydrogen) atoms. The van der Waals surface area contributed by atoms with Crippen molar-refractivity contribution in [3.63, 3.8) is 0 Å². The Morgan fingerprint density at radius 3 is 2.83 bits per heavy atom. The van der Waals surface area contributed by atoms with E-state index < -0.39 is 0 Å². The highest BCUT2D eigenvalue weighted by Gasteiger charge is 2.23. The third kappa shape index (κ3) is 3.01. The highest BCUT2D eigenvalue weighted by molar-refractivity contribution is 7.18. The molecule has 1 amide bonds. The highest BCUT2D eigenvalue weighted by Crippen LogP contribution is 2.30. The topological polar surface area (TPSA) is 49.3 Å². The fourth-order valence-electron chi connectivity index (χ4n) is 3.06. The van der Waals surface area contributed by atoms with Crippen molar-refractivity contribution < 1.29 is 4.79 Å². The van der Waals surface area contributed by atoms with Crippen LogP contribution in [-0.4, -0.2) is 47.0 Å². The normalized spacial score (nSPS) is 15.2. The van der Waals surface area contributed by atoms with Crippen molar-refractivity contribution in [1.82, 2.24) is 14.9 Å². The van der Waals surface area contributed by atoms with Gasteiger partial charge in [0.1, 0.15) is 17.0 Å². The van der Waals surface area contributed by atoms with Gasteiger partial charge < -0.3 is 9.80 Å². The minimum absolute atomic E-state index is 0.219. The summed E-state index contributed by atoms with van der Waals surface area (Å²) in [4.78, 5) is 28.9. The fourth-order valence-corrected chi connectivity index (χ4v) is 4.59. The maximum absolute atomic E-state index is 12.4. The summed E-state index contributed by atoms with van der Waals surface area (Å²) in [6, 6.07) is 6.17. The fraction of sp³-hybridized carbons (Fsp3) is 0.353. The summed E-state index contributed by atoms with van der Waals surface area (Å²) in [6.45, 7) is 5.23. The predicted octanol–water partition coefficient (Wildman–Crippen LogP) is 2.95. The predicted molar refractivity (Wildman–Crippen MR) is 99.0 cm³/mol. The van der Waals surface area contributed by atoms with Crippen LogP contribution in [0.2, 0.25) is 0 Å². The highest BCUT2D eigenvalue weighted by atomic mass is 32.1. The first-order chi connectivity index (χ1) is 11.7. The second-order valence-corrected chi connectivity index (χ2v) is 8.16. The van der Waals surface area contributed by atoms with Crippen LogP contribution in [0.3, 0.4) is 0 Å². The monoisotopic (exact) mass is 358 g/mol. The van der Waals surface area contributed by atoms with Gasteiger partial charge in [-0.1, -0.05) is 6.07 Å². The van der Waals surface area contributed by atoms with Crippen molar-refractivity contribution in [2.75, 3.05) is 31.1 Å². The van der Waals surface area contributed by atoms with E-state index in [-0.39, 0.29) is 5.91 Å². The molecule has 0 atom stereocenters. The molecule has 0 bridgehead atoms. The van der Waals surface area contributed by atoms with Gasteiger partial charge in [-0.25, -0.2) is 9.97 Å². The van der Waals surface area contributed by atoms with Crippen LogP contribution >= 0.6 is 22.7 Å². The minimum Gasteiger partial charge on any atom is -0.352 e. The molecule has 1 fully saturated rings. The number of carbonyl (C=O) groups is 1. The third-order valence-electron chi connectivity index (χ3n) is 4.27. The molecule has 4 heterocycles. The summed E-state index contributed by atoms with van der Waals surface area (Å²) in [5, 5.41) is 3.14. The Balaban J connectivity index is 1.44. The van der Waals surface area contributed by atoms with Gasteiger partial charge in [-0.05, 0) is 24.4 Å². The van der Waals surface area contributed by atoms with Gasteiger partial charge in [0.2, 0.25) is 5.91 Å². The van der Waals surface area contributed by atoms with Crippen LogP contribution in [0.1, 0.15) is 9.75 Å². The zero-order valence-electron chi connectivity index (χ0n) is 13.4. The summed E-state index contributed by atoms with van der Waals surface area (Å²) >= 11 is 3.34. The number of thiophene rings is 2. The molecular formula is C17H18N4OS2. The Bertz CT molecular complexity index is 851. The van der Waals surface area contributed by atoms with Gasteiger partial charge in [-0.2, -0.15) is 0 Å². The van der Waals surface area contributed by atoms with Gasteiger partial charge in [0, 0.05) is 35.9 Å². The van der Waals surface area contributed by atoms with E-state index in [2.05, 4.69) is 27.9 Å². The van der Waals surface area contributed by atoms with Crippen molar-refractivity contribution in [2.24, 2.45) is 0 Å². The second kappa shape index (κ2) is 6.49. The molecule has 1 saturated heterocycles. The lowest BCUT2D eigenvalue weighted by Gasteiger charge is -2.35. The molecule has 1 aliphatic heterocycles. The quantitative estimate of drug-likeness (QED) is 0.722. The number of hydrogen-bond acceptors (Lipinski definition) is 6. The van der Waals surface area contributed by atoms with Crippen LogP contribution in [0.25, 0.3) is 10.2 Å². The number of carbonyl (C=O) groups excluding carboxylic acids is 1. The van der Waals surface area contributed by atoms with Gasteiger partial charge in [0.05, 0.1) is 11.8 Å². The number of hydrogen-bond donors (Lipinski definition) is 0. The number of nitrogens with zero attached hydrogens (tertiary/aromatic N) is 4. The molecule has 3 aromatic rings. The molecule has 124 valence electrons. The average molecular weight is 358 g/mol. The number of aromatic nitrogens is 2. The summed E-state index contributed by atoms with van der Waals surface area (Å²) in [6.07, 6.45) is 2.15. The summed E-state index contributed by atoms with van der Waals surface area (Å²) < 4.78 is 0. The first-order valence-electron chi connectivity index (χ1n) is 7.97. The lowest BCUT2D eigenvalue weighted by atomic mass is 10.2. The van der Waals surface area contributed by atoms with Crippen molar-refractivity contribution in [2.45, 2.75) is 13.3 Å². The van der Waals surface area contributed by atoms with Crippen molar-refractivity contribution in [3.05, 3.63) is 39.7 Å². The molecule has 0 radical (unpaired) electrons. The number of anilines is 1. The number of aryl methyl sites for hydroxylation is 1. The average Bonchev–Trinajstić information content (AvgIpc) is 3.23. The molecule has 0 unspecified atom stereocenters. The van der Waals surface area contributed by atoms with Crippen molar-refractivity contribution in [1.29, 1.82) is 0 Å². The van der Waals surface area contributed by atoms with E-state index in [0.717, 1.165) is 47.1 Å². The molecular weight excluding hydrogens is 340 g/mol. The van der Waals surface area contributed by atoms with E-state index in [1.165, 1.54) is 4.88 Å². The molecule has 0 aliphatic carbocycles. The van der Waals surface area contributed by atoms with Crippen LogP contribution < -0.4 is 4.90 Å². The molecule has 0 N–H and O–H groups in total. The smallest absolute Gasteiger partial charge is 0.227 e. The van der Waals surface area contributed by atoms with Crippen molar-refractivity contribution >= 4 is 44.6 Å². The van der Waals surface area contributed by atoms with E-state index in [9.17, 15) is 4.79 Å². The Morgan fingerprint density at radius 1 is 1.25 bits per heavy atom. The standard InChI is InChI=1S/C17H18N4OS2/c1-12-9-14-16(18-11-19-17(14)24-12)21-6-4-20(5-7-21)15(22)10-13-3-2-8-23-13/h2-3,8-9,11H,4-7,10H2,1H3. The molecule has 3 aromatic heterocycles. The number of fused-ring (bicyclic) bond motifs is 1. The lowest BCUT2D eigenvalue weighted by Crippen LogP contribution is -2.49.